The summed E-state index contributed by atoms with van der Waals surface area (Å²) in [5.41, 5.74) is -0.206. The van der Waals surface area contributed by atoms with Gasteiger partial charge in [0.25, 0.3) is 0 Å². The number of hydrogen-bond donors (Lipinski definition) is 1. The Balaban J connectivity index is 1.13. The maximum atomic E-state index is 13.0. The van der Waals surface area contributed by atoms with Gasteiger partial charge in [0.2, 0.25) is 11.9 Å². The molecule has 0 radical (unpaired) electrons. The molecule has 6 aliphatic rings. The molecule has 2 aliphatic heterocycles. The van der Waals surface area contributed by atoms with E-state index in [2.05, 4.69) is 25.7 Å². The SMILES string of the molecule is Cn1nnnc1N1CCC2(CC1)OCCC2NC(=O)C1C2CC3C(C2)C31. The summed E-state index contributed by atoms with van der Waals surface area (Å²) in [5, 5.41) is 15.2. The Bertz CT molecular complexity index is 728. The number of aryl methyl sites for hydroxylation is 1. The maximum Gasteiger partial charge on any atom is 0.245 e. The van der Waals surface area contributed by atoms with Gasteiger partial charge in [-0.05, 0) is 66.2 Å². The van der Waals surface area contributed by atoms with Gasteiger partial charge in [0.05, 0.1) is 11.6 Å². The van der Waals surface area contributed by atoms with Gasteiger partial charge in [-0.15, -0.1) is 0 Å². The molecular weight excluding hydrogens is 332 g/mol. The summed E-state index contributed by atoms with van der Waals surface area (Å²) < 4.78 is 7.94. The molecular formula is C18H26N6O2. The van der Waals surface area contributed by atoms with Gasteiger partial charge in [-0.3, -0.25) is 4.79 Å². The van der Waals surface area contributed by atoms with Crippen molar-refractivity contribution in [2.75, 3.05) is 24.6 Å². The number of tetrazole rings is 1. The van der Waals surface area contributed by atoms with Crippen LogP contribution >= 0.6 is 0 Å². The molecule has 1 aromatic rings. The average molecular weight is 358 g/mol. The summed E-state index contributed by atoms with van der Waals surface area (Å²) in [6.45, 7) is 2.47. The quantitative estimate of drug-likeness (QED) is 0.840. The van der Waals surface area contributed by atoms with Gasteiger partial charge in [-0.2, -0.15) is 0 Å². The van der Waals surface area contributed by atoms with Crippen molar-refractivity contribution in [2.45, 2.75) is 43.7 Å². The van der Waals surface area contributed by atoms with Crippen LogP contribution in [0.15, 0.2) is 0 Å². The molecule has 0 aromatic carbocycles. The summed E-state index contributed by atoms with van der Waals surface area (Å²) in [4.78, 5) is 15.2. The monoisotopic (exact) mass is 358 g/mol. The number of nitrogens with one attached hydrogen (secondary N) is 1. The fourth-order valence-corrected chi connectivity index (χ4v) is 6.75. The van der Waals surface area contributed by atoms with E-state index in [1.54, 1.807) is 4.68 Å². The van der Waals surface area contributed by atoms with Crippen molar-refractivity contribution < 1.29 is 9.53 Å². The molecule has 4 saturated carbocycles. The molecule has 1 aromatic heterocycles. The predicted molar refractivity (Wildman–Crippen MR) is 92.2 cm³/mol. The number of rotatable bonds is 3. The normalized spacial score (nSPS) is 41.8. The Hall–Kier alpha value is -1.70. The molecule has 2 saturated heterocycles. The largest absolute Gasteiger partial charge is 0.373 e. The minimum Gasteiger partial charge on any atom is -0.373 e. The Morgan fingerprint density at radius 1 is 1.27 bits per heavy atom. The third kappa shape index (κ3) is 1.99. The van der Waals surface area contributed by atoms with Gasteiger partial charge < -0.3 is 15.0 Å². The first-order valence-electron chi connectivity index (χ1n) is 10.1. The van der Waals surface area contributed by atoms with Crippen LogP contribution in [0, 0.1) is 29.6 Å². The van der Waals surface area contributed by atoms with Crippen molar-refractivity contribution in [2.24, 2.45) is 36.6 Å². The van der Waals surface area contributed by atoms with Gasteiger partial charge in [0.1, 0.15) is 0 Å². The van der Waals surface area contributed by atoms with Crippen molar-refractivity contribution >= 4 is 11.9 Å². The second kappa shape index (κ2) is 5.18. The lowest BCUT2D eigenvalue weighted by Gasteiger charge is -2.42. The van der Waals surface area contributed by atoms with E-state index < -0.39 is 0 Å². The van der Waals surface area contributed by atoms with Gasteiger partial charge >= 0.3 is 0 Å². The molecule has 4 bridgehead atoms. The van der Waals surface area contributed by atoms with Gasteiger partial charge in [0, 0.05) is 32.7 Å². The lowest BCUT2D eigenvalue weighted by atomic mass is 9.84. The Kier molecular flexibility index (Phi) is 3.06. The Morgan fingerprint density at radius 2 is 2.04 bits per heavy atom. The van der Waals surface area contributed by atoms with Crippen LogP contribution in [-0.4, -0.2) is 57.5 Å². The number of carbonyl (C=O) groups is 1. The lowest BCUT2D eigenvalue weighted by Crippen LogP contribution is -2.56. The molecule has 3 heterocycles. The van der Waals surface area contributed by atoms with Crippen molar-refractivity contribution in [3.63, 3.8) is 0 Å². The van der Waals surface area contributed by atoms with E-state index in [1.165, 1.54) is 12.8 Å². The van der Waals surface area contributed by atoms with E-state index in [0.29, 0.717) is 23.7 Å². The van der Waals surface area contributed by atoms with Crippen LogP contribution in [-0.2, 0) is 16.6 Å². The lowest BCUT2D eigenvalue weighted by molar-refractivity contribution is -0.128. The van der Waals surface area contributed by atoms with Crippen LogP contribution in [0.4, 0.5) is 5.95 Å². The first-order chi connectivity index (χ1) is 12.7. The molecule has 7 rings (SSSR count). The van der Waals surface area contributed by atoms with Crippen molar-refractivity contribution in [3.8, 4) is 0 Å². The summed E-state index contributed by atoms with van der Waals surface area (Å²) in [6.07, 6.45) is 5.37. The number of hydrogen-bond acceptors (Lipinski definition) is 6. The minimum absolute atomic E-state index is 0.157. The second-order valence-corrected chi connectivity index (χ2v) is 9.01. The number of carbonyl (C=O) groups excluding carboxylic acids is 1. The molecule has 1 N–H and O–H groups in total. The smallest absolute Gasteiger partial charge is 0.245 e. The zero-order valence-corrected chi connectivity index (χ0v) is 15.2. The third-order valence-electron chi connectivity index (χ3n) is 8.01. The number of piperidine rings is 1. The molecule has 140 valence electrons. The summed E-state index contributed by atoms with van der Waals surface area (Å²) in [5.74, 6) is 4.57. The fourth-order valence-electron chi connectivity index (χ4n) is 6.75. The first-order valence-corrected chi connectivity index (χ1v) is 10.1. The second-order valence-electron chi connectivity index (χ2n) is 9.01. The first kappa shape index (κ1) is 15.4. The molecule has 6 fully saturated rings. The van der Waals surface area contributed by atoms with Gasteiger partial charge in [0.15, 0.2) is 0 Å². The number of amides is 1. The molecule has 26 heavy (non-hydrogen) atoms. The van der Waals surface area contributed by atoms with E-state index in [1.807, 2.05) is 7.05 Å². The topological polar surface area (TPSA) is 85.2 Å². The minimum atomic E-state index is -0.206. The highest BCUT2D eigenvalue weighted by atomic mass is 16.5. The standard InChI is InChI=1S/C18H26N6O2/c1-23-17(20-21-22-23)24-5-3-18(4-6-24)13(2-7-26-18)19-16(25)14-10-8-11-12(9-10)15(11)14/h10-15H,2-9H2,1H3,(H,19,25). The summed E-state index contributed by atoms with van der Waals surface area (Å²) in [6, 6.07) is 0.157. The number of ether oxygens (including phenoxy) is 1. The fraction of sp³-hybridized carbons (Fsp3) is 0.889. The van der Waals surface area contributed by atoms with Crippen molar-refractivity contribution in [1.29, 1.82) is 0 Å². The number of anilines is 1. The summed E-state index contributed by atoms with van der Waals surface area (Å²) >= 11 is 0. The Morgan fingerprint density at radius 3 is 2.65 bits per heavy atom. The highest BCUT2D eigenvalue weighted by Gasteiger charge is 2.70. The van der Waals surface area contributed by atoms with E-state index in [0.717, 1.165) is 56.7 Å². The van der Waals surface area contributed by atoms with Crippen LogP contribution in [0.2, 0.25) is 0 Å². The number of aromatic nitrogens is 4. The van der Waals surface area contributed by atoms with E-state index in [9.17, 15) is 4.79 Å². The highest BCUT2D eigenvalue weighted by Crippen LogP contribution is 2.73. The number of nitrogens with zero attached hydrogens (tertiary/aromatic N) is 5. The van der Waals surface area contributed by atoms with E-state index in [4.69, 9.17) is 4.74 Å². The Labute approximate surface area is 152 Å². The maximum absolute atomic E-state index is 13.0. The van der Waals surface area contributed by atoms with Crippen LogP contribution in [0.1, 0.15) is 32.1 Å². The molecule has 8 nitrogen and oxygen atoms in total. The zero-order valence-electron chi connectivity index (χ0n) is 15.2. The molecule has 4 unspecified atom stereocenters. The van der Waals surface area contributed by atoms with Crippen molar-refractivity contribution in [1.82, 2.24) is 25.5 Å². The third-order valence-corrected chi connectivity index (χ3v) is 8.01. The van der Waals surface area contributed by atoms with Gasteiger partial charge in [-0.25, -0.2) is 4.68 Å². The van der Waals surface area contributed by atoms with E-state index in [-0.39, 0.29) is 11.6 Å². The van der Waals surface area contributed by atoms with Crippen LogP contribution in [0.5, 0.6) is 0 Å². The predicted octanol–water partition coefficient (Wildman–Crippen LogP) is 0.356. The zero-order chi connectivity index (χ0) is 17.5. The molecule has 1 spiro atoms. The van der Waals surface area contributed by atoms with Crippen LogP contribution < -0.4 is 10.2 Å². The highest BCUT2D eigenvalue weighted by molar-refractivity contribution is 5.81. The molecule has 4 atom stereocenters. The molecule has 8 heteroatoms. The molecule has 4 aliphatic carbocycles. The van der Waals surface area contributed by atoms with Gasteiger partial charge in [-0.1, -0.05) is 5.10 Å². The van der Waals surface area contributed by atoms with Crippen LogP contribution in [0.25, 0.3) is 0 Å². The molecule has 1 amide bonds. The average Bonchev–Trinajstić information content (AvgIpc) is 3.24. The van der Waals surface area contributed by atoms with Crippen molar-refractivity contribution in [3.05, 3.63) is 0 Å². The van der Waals surface area contributed by atoms with E-state index >= 15 is 0 Å². The van der Waals surface area contributed by atoms with Crippen LogP contribution in [0.3, 0.4) is 0 Å². The summed E-state index contributed by atoms with van der Waals surface area (Å²) in [7, 11) is 1.87.